The van der Waals surface area contributed by atoms with E-state index in [1.165, 1.54) is 0 Å². The number of rotatable bonds is 5. The van der Waals surface area contributed by atoms with E-state index in [4.69, 9.17) is 9.47 Å². The Kier molecular flexibility index (Phi) is 10.9. The van der Waals surface area contributed by atoms with E-state index in [2.05, 4.69) is 27.2 Å². The molecule has 0 bridgehead atoms. The maximum atomic E-state index is 13.9. The smallest absolute Gasteiger partial charge is 0.318 e. The Morgan fingerprint density at radius 3 is 2.56 bits per heavy atom. The second kappa shape index (κ2) is 15.2. The molecule has 234 valence electrons. The summed E-state index contributed by atoms with van der Waals surface area (Å²) in [5, 5.41) is 10.2. The van der Waals surface area contributed by atoms with Gasteiger partial charge in [0.05, 0.1) is 19.8 Å². The zero-order chi connectivity index (χ0) is 29.9. The van der Waals surface area contributed by atoms with E-state index in [-0.39, 0.29) is 24.0 Å². The molecule has 3 N–H and O–H groups in total. The second-order valence-electron chi connectivity index (χ2n) is 11.5. The molecule has 1 spiro atoms. The minimum atomic E-state index is -0.709. The fourth-order valence-corrected chi connectivity index (χ4v) is 6.22. The number of nitrogens with zero attached hydrogens (tertiary/aromatic N) is 4. The van der Waals surface area contributed by atoms with Crippen LogP contribution in [0.1, 0.15) is 44.9 Å². The van der Waals surface area contributed by atoms with Gasteiger partial charge in [0.25, 0.3) is 0 Å². The van der Waals surface area contributed by atoms with Gasteiger partial charge in [-0.25, -0.2) is 9.59 Å². The van der Waals surface area contributed by atoms with Gasteiger partial charge in [-0.15, -0.1) is 0 Å². The minimum Gasteiger partial charge on any atom is -0.347 e. The molecule has 1 atom stereocenters. The molecule has 0 aromatic rings. The van der Waals surface area contributed by atoms with Crippen LogP contribution in [0.2, 0.25) is 0 Å². The summed E-state index contributed by atoms with van der Waals surface area (Å²) in [5.74, 6) is -0.673. The number of hydrogen-bond acceptors (Lipinski definition) is 7. The standard InChI is InChI=1S/C31H45N7O5/c39-28(36-20-12-31(13-21-36)42-22-23-43-31)27(24-25-8-6-15-33-34-16-7-9-25)35-30(41)37-18-10-26(11-19-37)38-17-5-3-1-2-4-14-32-29(38)40/h1-4,6,8-9,16,26-27,33H,5,7,10-15,17-24H2,(H,32,40)(H,35,41)/b3-1-,4-2-,8-6?,25-9?,34-16-. The number of hydrazone groups is 1. The third-order valence-corrected chi connectivity index (χ3v) is 8.64. The van der Waals surface area contributed by atoms with Crippen LogP contribution in [0.3, 0.4) is 0 Å². The lowest BCUT2D eigenvalue weighted by Crippen LogP contribution is -2.57. The quantitative estimate of drug-likeness (QED) is 0.448. The highest BCUT2D eigenvalue weighted by atomic mass is 16.7. The van der Waals surface area contributed by atoms with E-state index in [9.17, 15) is 14.4 Å². The third kappa shape index (κ3) is 8.47. The van der Waals surface area contributed by atoms with Crippen LogP contribution >= 0.6 is 0 Å². The monoisotopic (exact) mass is 595 g/mol. The highest BCUT2D eigenvalue weighted by Crippen LogP contribution is 2.31. The van der Waals surface area contributed by atoms with Gasteiger partial charge in [0.15, 0.2) is 5.79 Å². The lowest BCUT2D eigenvalue weighted by molar-refractivity contribution is -0.187. The predicted molar refractivity (Wildman–Crippen MR) is 163 cm³/mol. The van der Waals surface area contributed by atoms with E-state index in [0.29, 0.717) is 97.6 Å². The molecule has 12 heteroatoms. The first-order valence-electron chi connectivity index (χ1n) is 15.6. The van der Waals surface area contributed by atoms with Gasteiger partial charge >= 0.3 is 12.1 Å². The lowest BCUT2D eigenvalue weighted by Gasteiger charge is -2.40. The Morgan fingerprint density at radius 2 is 1.77 bits per heavy atom. The number of piperidine rings is 2. The van der Waals surface area contributed by atoms with Crippen LogP contribution in [0.25, 0.3) is 0 Å². The molecule has 0 radical (unpaired) electrons. The molecular weight excluding hydrogens is 550 g/mol. The van der Waals surface area contributed by atoms with Gasteiger partial charge in [0, 0.05) is 77.2 Å². The number of likely N-dealkylation sites (tertiary alicyclic amines) is 2. The highest BCUT2D eigenvalue weighted by molar-refractivity contribution is 5.87. The molecule has 1 unspecified atom stereocenters. The molecule has 0 saturated carbocycles. The topological polar surface area (TPSA) is 128 Å². The Morgan fingerprint density at radius 1 is 1.00 bits per heavy atom. The van der Waals surface area contributed by atoms with Gasteiger partial charge in [-0.1, -0.05) is 42.5 Å². The van der Waals surface area contributed by atoms with E-state index in [1.54, 1.807) is 11.1 Å². The molecule has 3 fully saturated rings. The van der Waals surface area contributed by atoms with Crippen LogP contribution in [0, 0.1) is 0 Å². The maximum Gasteiger partial charge on any atom is 0.318 e. The van der Waals surface area contributed by atoms with Crippen LogP contribution in [-0.4, -0.2) is 116 Å². The summed E-state index contributed by atoms with van der Waals surface area (Å²) in [6.07, 6.45) is 20.2. The van der Waals surface area contributed by atoms with Crippen molar-refractivity contribution in [2.45, 2.75) is 62.8 Å². The van der Waals surface area contributed by atoms with Crippen molar-refractivity contribution in [3.05, 3.63) is 48.1 Å². The molecule has 0 aromatic heterocycles. The van der Waals surface area contributed by atoms with Gasteiger partial charge in [0.1, 0.15) is 6.04 Å². The first-order chi connectivity index (χ1) is 21.0. The number of nitrogens with one attached hydrogen (secondary N) is 3. The fourth-order valence-electron chi connectivity index (χ4n) is 6.22. The molecule has 0 aromatic carbocycles. The van der Waals surface area contributed by atoms with Crippen molar-refractivity contribution < 1.29 is 23.9 Å². The van der Waals surface area contributed by atoms with Gasteiger partial charge in [0.2, 0.25) is 5.91 Å². The number of carbonyl (C=O) groups is 3. The second-order valence-corrected chi connectivity index (χ2v) is 11.5. The summed E-state index contributed by atoms with van der Waals surface area (Å²) in [6, 6.07) is -0.966. The van der Waals surface area contributed by atoms with Crippen LogP contribution in [0.4, 0.5) is 9.59 Å². The molecule has 0 aliphatic carbocycles. The summed E-state index contributed by atoms with van der Waals surface area (Å²) in [6.45, 7) is 4.95. The average Bonchev–Trinajstić information content (AvgIpc) is 3.53. The van der Waals surface area contributed by atoms with E-state index in [0.717, 1.165) is 12.0 Å². The molecule has 5 amide bonds. The van der Waals surface area contributed by atoms with Crippen LogP contribution < -0.4 is 16.1 Å². The summed E-state index contributed by atoms with van der Waals surface area (Å²) >= 11 is 0. The third-order valence-electron chi connectivity index (χ3n) is 8.64. The Labute approximate surface area is 253 Å². The molecule has 3 saturated heterocycles. The summed E-state index contributed by atoms with van der Waals surface area (Å²) in [7, 11) is 0. The number of amides is 5. The van der Waals surface area contributed by atoms with Gasteiger partial charge in [-0.2, -0.15) is 5.10 Å². The largest absolute Gasteiger partial charge is 0.347 e. The normalized spacial score (nSPS) is 26.2. The van der Waals surface area contributed by atoms with E-state index < -0.39 is 11.8 Å². The van der Waals surface area contributed by atoms with Gasteiger partial charge in [-0.05, 0) is 24.8 Å². The van der Waals surface area contributed by atoms with Crippen molar-refractivity contribution >= 4 is 24.2 Å². The molecule has 12 nitrogen and oxygen atoms in total. The predicted octanol–water partition coefficient (Wildman–Crippen LogP) is 2.27. The highest BCUT2D eigenvalue weighted by Gasteiger charge is 2.42. The zero-order valence-electron chi connectivity index (χ0n) is 24.9. The number of ether oxygens (including phenoxy) is 2. The summed E-state index contributed by atoms with van der Waals surface area (Å²) < 4.78 is 11.7. The maximum absolute atomic E-state index is 13.9. The molecule has 5 rings (SSSR count). The van der Waals surface area contributed by atoms with E-state index in [1.807, 2.05) is 46.3 Å². The first-order valence-corrected chi connectivity index (χ1v) is 15.6. The SMILES string of the molecule is O=C(NC(CC1=CC/C=N\NCC=C1)C(=O)N1CCC2(CC1)OCCO2)N1CCC(N2CC/C=C\C=C/CNC2=O)CC1. The molecule has 5 aliphatic rings. The number of hydrogen-bond donors (Lipinski definition) is 3. The van der Waals surface area contributed by atoms with Crippen LogP contribution in [0.5, 0.6) is 0 Å². The van der Waals surface area contributed by atoms with Crippen LogP contribution in [0.15, 0.2) is 53.2 Å². The summed E-state index contributed by atoms with van der Waals surface area (Å²) in [5.41, 5.74) is 3.93. The number of carbonyl (C=O) groups excluding carboxylic acids is 3. The fraction of sp³-hybridized carbons (Fsp3) is 0.613. The van der Waals surface area contributed by atoms with Crippen molar-refractivity contribution in [2.24, 2.45) is 5.10 Å². The minimum absolute atomic E-state index is 0.0587. The number of urea groups is 2. The zero-order valence-corrected chi connectivity index (χ0v) is 24.9. The Balaban J connectivity index is 1.21. The lowest BCUT2D eigenvalue weighted by atomic mass is 9.99. The van der Waals surface area contributed by atoms with Gasteiger partial charge < -0.3 is 40.2 Å². The number of allylic oxidation sites excluding steroid dienone is 4. The Hall–Kier alpha value is -3.64. The van der Waals surface area contributed by atoms with E-state index >= 15 is 0 Å². The first kappa shape index (κ1) is 30.8. The molecular formula is C31H45N7O5. The molecule has 43 heavy (non-hydrogen) atoms. The Bertz CT molecular complexity index is 1130. The molecule has 5 aliphatic heterocycles. The van der Waals surface area contributed by atoms with Crippen LogP contribution in [-0.2, 0) is 14.3 Å². The van der Waals surface area contributed by atoms with Crippen molar-refractivity contribution in [3.8, 4) is 0 Å². The van der Waals surface area contributed by atoms with Crippen molar-refractivity contribution in [2.75, 3.05) is 59.0 Å². The van der Waals surface area contributed by atoms with Crippen molar-refractivity contribution in [3.63, 3.8) is 0 Å². The average molecular weight is 596 g/mol. The summed E-state index contributed by atoms with van der Waals surface area (Å²) in [4.78, 5) is 45.8. The molecule has 5 heterocycles. The van der Waals surface area contributed by atoms with Crippen molar-refractivity contribution in [1.29, 1.82) is 0 Å². The van der Waals surface area contributed by atoms with Crippen molar-refractivity contribution in [1.82, 2.24) is 30.8 Å². The van der Waals surface area contributed by atoms with Gasteiger partial charge in [-0.3, -0.25) is 4.79 Å².